The third-order valence-electron chi connectivity index (χ3n) is 8.68. The molecule has 13 heteroatoms. The number of piperazine rings is 1. The summed E-state index contributed by atoms with van der Waals surface area (Å²) in [6.45, 7) is 9.19. The molecule has 1 unspecified atom stereocenters. The second kappa shape index (κ2) is 11.4. The minimum atomic E-state index is 0.0759. The van der Waals surface area contributed by atoms with Crippen LogP contribution in [0.15, 0.2) is 36.7 Å². The first-order valence-electron chi connectivity index (χ1n) is 15.0. The molecule has 6 heterocycles. The van der Waals surface area contributed by atoms with Gasteiger partial charge in [-0.2, -0.15) is 10.4 Å². The highest BCUT2D eigenvalue weighted by molar-refractivity contribution is 7.18. The zero-order chi connectivity index (χ0) is 29.5. The molecule has 1 saturated carbocycles. The lowest BCUT2D eigenvalue weighted by atomic mass is 9.92. The predicted octanol–water partition coefficient (Wildman–Crippen LogP) is 3.44. The number of hydrogen-bond donors (Lipinski definition) is 3. The maximum Gasteiger partial charge on any atom is 0.317 e. The molecule has 43 heavy (non-hydrogen) atoms. The number of nitrogens with one attached hydrogen (secondary N) is 3. The van der Waals surface area contributed by atoms with E-state index >= 15 is 0 Å². The van der Waals surface area contributed by atoms with Gasteiger partial charge in [-0.25, -0.2) is 9.31 Å². The largest absolute Gasteiger partial charge is 0.382 e. The minimum Gasteiger partial charge on any atom is -0.382 e. The SMILES string of the molecule is CC(C)Nc1cc(-c2ccc3cc(C#N)cnn23)ncc1-c1nnc(N2C[C@H]3CC[C@@H](C2)C3NC(=O)N2CCNCC2)s1. The standard InChI is InChI=1S/C30H35N11OS/c1-18(2)35-24-12-25(26-6-5-22-11-19(13-31)14-34-41(22)26)33-15-23(24)28-37-38-30(43-28)40-16-20-3-4-21(17-40)27(20)36-29(42)39-9-7-32-8-10-39/h5-6,11-12,14-15,18,20-21,27,32H,3-4,7-10,16-17H2,1-2H3,(H,33,35)(H,36,42)/t20-,21+,27?. The Kier molecular flexibility index (Phi) is 7.32. The van der Waals surface area contributed by atoms with Crippen LogP contribution in [0.3, 0.4) is 0 Å². The molecule has 1 aliphatic carbocycles. The van der Waals surface area contributed by atoms with Crippen LogP contribution in [0, 0.1) is 23.2 Å². The number of rotatable bonds is 6. The summed E-state index contributed by atoms with van der Waals surface area (Å²) in [5.41, 5.74) is 4.82. The second-order valence-corrected chi connectivity index (χ2v) is 12.9. The van der Waals surface area contributed by atoms with Crippen molar-refractivity contribution in [3.8, 4) is 28.0 Å². The average Bonchev–Trinajstić information content (AvgIpc) is 3.73. The molecule has 4 aromatic heterocycles. The number of nitrogens with zero attached hydrogens (tertiary/aromatic N) is 8. The van der Waals surface area contributed by atoms with Crippen LogP contribution < -0.4 is 20.9 Å². The van der Waals surface area contributed by atoms with Crippen molar-refractivity contribution >= 4 is 33.7 Å². The number of carbonyl (C=O) groups excluding carboxylic acids is 1. The molecule has 4 aromatic rings. The van der Waals surface area contributed by atoms with Gasteiger partial charge < -0.3 is 25.8 Å². The van der Waals surface area contributed by atoms with Gasteiger partial charge in [0.05, 0.1) is 34.2 Å². The van der Waals surface area contributed by atoms with Crippen molar-refractivity contribution in [1.29, 1.82) is 5.26 Å². The molecule has 3 fully saturated rings. The van der Waals surface area contributed by atoms with Crippen LogP contribution in [0.25, 0.3) is 27.5 Å². The topological polar surface area (TPSA) is 139 Å². The van der Waals surface area contributed by atoms with Crippen LogP contribution >= 0.6 is 11.3 Å². The molecule has 2 bridgehead atoms. The number of nitriles is 1. The van der Waals surface area contributed by atoms with E-state index in [0.29, 0.717) is 17.4 Å². The van der Waals surface area contributed by atoms with Gasteiger partial charge in [-0.05, 0) is 62.8 Å². The molecule has 0 spiro atoms. The highest BCUT2D eigenvalue weighted by atomic mass is 32.1. The Bertz CT molecular complexity index is 1670. The van der Waals surface area contributed by atoms with Gasteiger partial charge in [-0.15, -0.1) is 10.2 Å². The van der Waals surface area contributed by atoms with Crippen LogP contribution in [0.1, 0.15) is 32.3 Å². The molecule has 3 atom stereocenters. The second-order valence-electron chi connectivity index (χ2n) is 11.9. The van der Waals surface area contributed by atoms with Gasteiger partial charge in [0.15, 0.2) is 5.01 Å². The summed E-state index contributed by atoms with van der Waals surface area (Å²) in [6.07, 6.45) is 5.66. The summed E-state index contributed by atoms with van der Waals surface area (Å²) in [5.74, 6) is 0.818. The van der Waals surface area contributed by atoms with Gasteiger partial charge in [0.2, 0.25) is 5.13 Å². The van der Waals surface area contributed by atoms with E-state index in [-0.39, 0.29) is 18.1 Å². The van der Waals surface area contributed by atoms with Crippen molar-refractivity contribution in [2.75, 3.05) is 49.5 Å². The number of hydrogen-bond acceptors (Lipinski definition) is 10. The van der Waals surface area contributed by atoms with E-state index in [9.17, 15) is 10.1 Å². The van der Waals surface area contributed by atoms with Crippen LogP contribution in [0.2, 0.25) is 0 Å². The van der Waals surface area contributed by atoms with E-state index in [0.717, 1.165) is 90.4 Å². The van der Waals surface area contributed by atoms with Crippen molar-refractivity contribution in [1.82, 2.24) is 40.3 Å². The van der Waals surface area contributed by atoms with Gasteiger partial charge in [0.1, 0.15) is 6.07 Å². The molecule has 2 saturated heterocycles. The number of anilines is 2. The highest BCUT2D eigenvalue weighted by Crippen LogP contribution is 2.41. The van der Waals surface area contributed by atoms with E-state index in [2.05, 4.69) is 56.1 Å². The predicted molar refractivity (Wildman–Crippen MR) is 166 cm³/mol. The number of piperidine rings is 1. The van der Waals surface area contributed by atoms with E-state index < -0.39 is 0 Å². The summed E-state index contributed by atoms with van der Waals surface area (Å²) in [5, 5.41) is 34.9. The molecule has 3 N–H and O–H groups in total. The Balaban J connectivity index is 1.10. The van der Waals surface area contributed by atoms with E-state index in [4.69, 9.17) is 4.98 Å². The zero-order valence-electron chi connectivity index (χ0n) is 24.3. The molecule has 7 rings (SSSR count). The summed E-state index contributed by atoms with van der Waals surface area (Å²) in [6, 6.07) is 10.4. The summed E-state index contributed by atoms with van der Waals surface area (Å²) >= 11 is 1.59. The van der Waals surface area contributed by atoms with Gasteiger partial charge in [-0.3, -0.25) is 4.98 Å². The van der Waals surface area contributed by atoms with Gasteiger partial charge in [0, 0.05) is 63.2 Å². The first kappa shape index (κ1) is 27.5. The Labute approximate surface area is 254 Å². The lowest BCUT2D eigenvalue weighted by Crippen LogP contribution is -2.57. The maximum absolute atomic E-state index is 12.9. The molecule has 2 aliphatic heterocycles. The zero-order valence-corrected chi connectivity index (χ0v) is 25.1. The molecule has 3 aliphatic rings. The number of fused-ring (bicyclic) bond motifs is 3. The van der Waals surface area contributed by atoms with Crippen molar-refractivity contribution in [2.24, 2.45) is 11.8 Å². The normalized spacial score (nSPS) is 21.8. The van der Waals surface area contributed by atoms with Gasteiger partial charge in [-0.1, -0.05) is 11.3 Å². The van der Waals surface area contributed by atoms with Gasteiger partial charge in [0.25, 0.3) is 0 Å². The van der Waals surface area contributed by atoms with Crippen molar-refractivity contribution < 1.29 is 4.79 Å². The van der Waals surface area contributed by atoms with Crippen LogP contribution in [0.4, 0.5) is 15.6 Å². The third kappa shape index (κ3) is 5.36. The molecule has 12 nitrogen and oxygen atoms in total. The average molecular weight is 598 g/mol. The fourth-order valence-corrected chi connectivity index (χ4v) is 7.51. The Morgan fingerprint density at radius 1 is 1.12 bits per heavy atom. The lowest BCUT2D eigenvalue weighted by Gasteiger charge is -2.39. The fraction of sp³-hybridized carbons (Fsp3) is 0.467. The minimum absolute atomic E-state index is 0.0759. The van der Waals surface area contributed by atoms with Crippen molar-refractivity contribution in [3.05, 3.63) is 42.2 Å². The first-order chi connectivity index (χ1) is 21.0. The molecular weight excluding hydrogens is 562 g/mol. The fourth-order valence-electron chi connectivity index (χ4n) is 6.62. The van der Waals surface area contributed by atoms with E-state index in [1.165, 1.54) is 0 Å². The smallest absolute Gasteiger partial charge is 0.317 e. The molecular formula is C30H35N11OS. The number of aromatic nitrogens is 5. The quantitative estimate of drug-likeness (QED) is 0.305. The lowest BCUT2D eigenvalue weighted by molar-refractivity contribution is 0.176. The number of urea groups is 1. The maximum atomic E-state index is 12.9. The van der Waals surface area contributed by atoms with Crippen LogP contribution in [-0.2, 0) is 0 Å². The summed E-state index contributed by atoms with van der Waals surface area (Å²) in [4.78, 5) is 22.0. The Hall–Kier alpha value is -4.28. The molecule has 2 amide bonds. The number of pyridine rings is 1. The number of amides is 2. The number of carbonyl (C=O) groups is 1. The van der Waals surface area contributed by atoms with Crippen molar-refractivity contribution in [2.45, 2.75) is 38.8 Å². The first-order valence-corrected chi connectivity index (χ1v) is 15.8. The molecule has 0 radical (unpaired) electrons. The third-order valence-corrected chi connectivity index (χ3v) is 9.70. The van der Waals surface area contributed by atoms with Crippen LogP contribution in [0.5, 0.6) is 0 Å². The molecule has 0 aromatic carbocycles. The monoisotopic (exact) mass is 597 g/mol. The molecule has 222 valence electrons. The van der Waals surface area contributed by atoms with E-state index in [1.807, 2.05) is 35.4 Å². The Morgan fingerprint density at radius 2 is 1.91 bits per heavy atom. The van der Waals surface area contributed by atoms with Crippen LogP contribution in [-0.4, -0.2) is 87.1 Å². The van der Waals surface area contributed by atoms with Gasteiger partial charge >= 0.3 is 6.03 Å². The summed E-state index contributed by atoms with van der Waals surface area (Å²) < 4.78 is 1.80. The van der Waals surface area contributed by atoms with Crippen molar-refractivity contribution in [3.63, 3.8) is 0 Å². The van der Waals surface area contributed by atoms with E-state index in [1.54, 1.807) is 22.0 Å². The summed E-state index contributed by atoms with van der Waals surface area (Å²) in [7, 11) is 0. The Morgan fingerprint density at radius 3 is 2.65 bits per heavy atom. The highest BCUT2D eigenvalue weighted by Gasteiger charge is 2.44.